The fourth-order valence-electron chi connectivity index (χ4n) is 2.87. The lowest BCUT2D eigenvalue weighted by Gasteiger charge is -2.27. The Bertz CT molecular complexity index is 613. The second-order valence-corrected chi connectivity index (χ2v) is 7.49. The molecule has 0 aromatic heterocycles. The van der Waals surface area contributed by atoms with Crippen molar-refractivity contribution in [2.75, 3.05) is 26.2 Å². The van der Waals surface area contributed by atoms with E-state index < -0.39 is 0 Å². The summed E-state index contributed by atoms with van der Waals surface area (Å²) in [6.45, 7) is 8.15. The predicted octanol–water partition coefficient (Wildman–Crippen LogP) is 2.80. The number of amides is 3. The van der Waals surface area contributed by atoms with Crippen molar-refractivity contribution in [1.82, 2.24) is 15.1 Å². The molecule has 138 valence electrons. The Balaban J connectivity index is 1.84. The van der Waals surface area contributed by atoms with E-state index in [1.165, 1.54) is 6.07 Å². The number of carbonyl (C=O) groups is 2. The Labute approximate surface area is 149 Å². The molecule has 1 aliphatic heterocycles. The Morgan fingerprint density at radius 3 is 2.40 bits per heavy atom. The third-order valence-electron chi connectivity index (χ3n) is 4.18. The van der Waals surface area contributed by atoms with Gasteiger partial charge < -0.3 is 15.1 Å². The van der Waals surface area contributed by atoms with Crippen molar-refractivity contribution in [3.8, 4) is 0 Å². The van der Waals surface area contributed by atoms with E-state index in [1.54, 1.807) is 28.0 Å². The van der Waals surface area contributed by atoms with Gasteiger partial charge >= 0.3 is 6.03 Å². The fraction of sp³-hybridized carbons (Fsp3) is 0.579. The molecule has 1 saturated heterocycles. The highest BCUT2D eigenvalue weighted by atomic mass is 19.1. The molecule has 6 heteroatoms. The van der Waals surface area contributed by atoms with E-state index >= 15 is 0 Å². The molecule has 3 amide bonds. The van der Waals surface area contributed by atoms with E-state index in [0.29, 0.717) is 38.2 Å². The van der Waals surface area contributed by atoms with Crippen LogP contribution in [-0.4, -0.2) is 53.5 Å². The van der Waals surface area contributed by atoms with Gasteiger partial charge in [-0.2, -0.15) is 0 Å². The number of carbonyl (C=O) groups excluding carboxylic acids is 2. The van der Waals surface area contributed by atoms with Crippen LogP contribution in [0.1, 0.15) is 39.2 Å². The molecule has 1 N–H and O–H groups in total. The molecule has 0 saturated carbocycles. The van der Waals surface area contributed by atoms with Gasteiger partial charge in [-0.3, -0.25) is 4.79 Å². The summed E-state index contributed by atoms with van der Waals surface area (Å²) in [6.07, 6.45) is 1.44. The Morgan fingerprint density at radius 1 is 1.08 bits per heavy atom. The van der Waals surface area contributed by atoms with Crippen LogP contribution in [0.5, 0.6) is 0 Å². The molecular weight excluding hydrogens is 321 g/mol. The number of benzene rings is 1. The average Bonchev–Trinajstić information content (AvgIpc) is 2.78. The standard InChI is InChI=1S/C19H28FN3O2/c1-19(2,3)21-18(25)23-12-6-11-22(13-14-23)17(24)10-9-15-7-4-5-8-16(15)20/h4-5,7-8H,6,9-14H2,1-3H3,(H,21,25). The number of nitrogens with one attached hydrogen (secondary N) is 1. The molecule has 1 aromatic carbocycles. The maximum atomic E-state index is 13.6. The number of hydrogen-bond acceptors (Lipinski definition) is 2. The first-order chi connectivity index (χ1) is 11.8. The Hall–Kier alpha value is -2.11. The minimum absolute atomic E-state index is 0.0151. The normalized spacial score (nSPS) is 15.7. The molecule has 1 heterocycles. The van der Waals surface area contributed by atoms with E-state index in [-0.39, 0.29) is 29.7 Å². The lowest BCUT2D eigenvalue weighted by Crippen LogP contribution is -2.49. The number of nitrogens with zero attached hydrogens (tertiary/aromatic N) is 2. The summed E-state index contributed by atoms with van der Waals surface area (Å²) in [4.78, 5) is 28.2. The van der Waals surface area contributed by atoms with Crippen LogP contribution in [0.3, 0.4) is 0 Å². The third kappa shape index (κ3) is 6.03. The van der Waals surface area contributed by atoms with Gasteiger partial charge in [0.2, 0.25) is 5.91 Å². The lowest BCUT2D eigenvalue weighted by molar-refractivity contribution is -0.131. The molecular formula is C19H28FN3O2. The van der Waals surface area contributed by atoms with Crippen molar-refractivity contribution in [3.05, 3.63) is 35.6 Å². The minimum Gasteiger partial charge on any atom is -0.341 e. The first-order valence-corrected chi connectivity index (χ1v) is 8.84. The van der Waals surface area contributed by atoms with Crippen molar-refractivity contribution in [3.63, 3.8) is 0 Å². The summed E-state index contributed by atoms with van der Waals surface area (Å²) in [7, 11) is 0. The molecule has 0 unspecified atom stereocenters. The van der Waals surface area contributed by atoms with Crippen LogP contribution in [0.2, 0.25) is 0 Å². The largest absolute Gasteiger partial charge is 0.341 e. The maximum Gasteiger partial charge on any atom is 0.317 e. The summed E-state index contributed by atoms with van der Waals surface area (Å²) in [6, 6.07) is 6.46. The van der Waals surface area contributed by atoms with Crippen LogP contribution in [0, 0.1) is 5.82 Å². The van der Waals surface area contributed by atoms with Gasteiger partial charge in [0.1, 0.15) is 5.82 Å². The minimum atomic E-state index is -0.279. The SMILES string of the molecule is CC(C)(C)NC(=O)N1CCCN(C(=O)CCc2ccccc2F)CC1. The zero-order chi connectivity index (χ0) is 18.4. The van der Waals surface area contributed by atoms with E-state index in [1.807, 2.05) is 20.8 Å². The van der Waals surface area contributed by atoms with E-state index in [9.17, 15) is 14.0 Å². The van der Waals surface area contributed by atoms with Crippen LogP contribution >= 0.6 is 0 Å². The molecule has 0 aliphatic carbocycles. The number of aryl methyl sites for hydroxylation is 1. The second kappa shape index (κ2) is 8.32. The van der Waals surface area contributed by atoms with Crippen LogP contribution in [0.4, 0.5) is 9.18 Å². The third-order valence-corrected chi connectivity index (χ3v) is 4.18. The molecule has 0 spiro atoms. The van der Waals surface area contributed by atoms with Gasteiger partial charge in [0.05, 0.1) is 0 Å². The molecule has 25 heavy (non-hydrogen) atoms. The summed E-state index contributed by atoms with van der Waals surface area (Å²) in [5.74, 6) is -0.252. The monoisotopic (exact) mass is 349 g/mol. The smallest absolute Gasteiger partial charge is 0.317 e. The highest BCUT2D eigenvalue weighted by molar-refractivity contribution is 5.77. The van der Waals surface area contributed by atoms with Crippen molar-refractivity contribution < 1.29 is 14.0 Å². The highest BCUT2D eigenvalue weighted by Crippen LogP contribution is 2.12. The molecule has 1 aliphatic rings. The number of urea groups is 1. The van der Waals surface area contributed by atoms with E-state index in [4.69, 9.17) is 0 Å². The number of halogens is 1. The van der Waals surface area contributed by atoms with Crippen molar-refractivity contribution in [2.24, 2.45) is 0 Å². The number of hydrogen-bond donors (Lipinski definition) is 1. The predicted molar refractivity (Wildman–Crippen MR) is 95.8 cm³/mol. The van der Waals surface area contributed by atoms with Gasteiger partial charge in [-0.15, -0.1) is 0 Å². The molecule has 0 atom stereocenters. The maximum absolute atomic E-state index is 13.6. The van der Waals surface area contributed by atoms with E-state index in [2.05, 4.69) is 5.32 Å². The first-order valence-electron chi connectivity index (χ1n) is 8.84. The van der Waals surface area contributed by atoms with Crippen LogP contribution in [-0.2, 0) is 11.2 Å². The average molecular weight is 349 g/mol. The summed E-state index contributed by atoms with van der Waals surface area (Å²) >= 11 is 0. The van der Waals surface area contributed by atoms with Crippen LogP contribution in [0.15, 0.2) is 24.3 Å². The van der Waals surface area contributed by atoms with Gasteiger partial charge in [0, 0.05) is 38.1 Å². The van der Waals surface area contributed by atoms with Gasteiger partial charge in [-0.05, 0) is 45.2 Å². The zero-order valence-corrected chi connectivity index (χ0v) is 15.3. The fourth-order valence-corrected chi connectivity index (χ4v) is 2.87. The molecule has 2 rings (SSSR count). The molecule has 1 aromatic rings. The molecule has 5 nitrogen and oxygen atoms in total. The van der Waals surface area contributed by atoms with Gasteiger partial charge in [-0.25, -0.2) is 9.18 Å². The Morgan fingerprint density at radius 2 is 1.72 bits per heavy atom. The first kappa shape index (κ1) is 19.2. The summed E-state index contributed by atoms with van der Waals surface area (Å²) < 4.78 is 13.6. The molecule has 1 fully saturated rings. The molecule has 0 radical (unpaired) electrons. The second-order valence-electron chi connectivity index (χ2n) is 7.49. The molecule has 0 bridgehead atoms. The zero-order valence-electron chi connectivity index (χ0n) is 15.3. The van der Waals surface area contributed by atoms with Crippen LogP contribution < -0.4 is 5.32 Å². The Kier molecular flexibility index (Phi) is 6.39. The summed E-state index contributed by atoms with van der Waals surface area (Å²) in [5.41, 5.74) is 0.287. The van der Waals surface area contributed by atoms with Gasteiger partial charge in [0.25, 0.3) is 0 Å². The van der Waals surface area contributed by atoms with Crippen molar-refractivity contribution in [1.29, 1.82) is 0 Å². The van der Waals surface area contributed by atoms with Crippen LogP contribution in [0.25, 0.3) is 0 Å². The van der Waals surface area contributed by atoms with Gasteiger partial charge in [-0.1, -0.05) is 18.2 Å². The van der Waals surface area contributed by atoms with Crippen molar-refractivity contribution in [2.45, 2.75) is 45.6 Å². The lowest BCUT2D eigenvalue weighted by atomic mass is 10.1. The van der Waals surface area contributed by atoms with Crippen molar-refractivity contribution >= 4 is 11.9 Å². The number of rotatable bonds is 3. The topological polar surface area (TPSA) is 52.7 Å². The summed E-state index contributed by atoms with van der Waals surface area (Å²) in [5, 5.41) is 2.96. The quantitative estimate of drug-likeness (QED) is 0.912. The van der Waals surface area contributed by atoms with Gasteiger partial charge in [0.15, 0.2) is 0 Å². The van der Waals surface area contributed by atoms with E-state index in [0.717, 1.165) is 6.42 Å². The highest BCUT2D eigenvalue weighted by Gasteiger charge is 2.24.